The van der Waals surface area contributed by atoms with Gasteiger partial charge in [0.15, 0.2) is 0 Å². The molecule has 2 unspecified atom stereocenters. The van der Waals surface area contributed by atoms with E-state index in [1.54, 1.807) is 0 Å². The molecule has 0 amide bonds. The van der Waals surface area contributed by atoms with Crippen LogP contribution in [0.4, 0.5) is 0 Å². The highest BCUT2D eigenvalue weighted by molar-refractivity contribution is 7.99. The molecule has 1 aliphatic heterocycles. The summed E-state index contributed by atoms with van der Waals surface area (Å²) >= 11 is 3.96. The second-order valence-electron chi connectivity index (χ2n) is 4.28. The molecule has 2 atom stereocenters. The Kier molecular flexibility index (Phi) is 4.09. The van der Waals surface area contributed by atoms with Gasteiger partial charge >= 0.3 is 0 Å². The van der Waals surface area contributed by atoms with Crippen molar-refractivity contribution in [1.82, 2.24) is 4.98 Å². The molecule has 1 nitrogen and oxygen atoms in total. The summed E-state index contributed by atoms with van der Waals surface area (Å²) < 4.78 is 0. The first kappa shape index (κ1) is 11.5. The summed E-state index contributed by atoms with van der Waals surface area (Å²) in [6, 6.07) is 0. The van der Waals surface area contributed by atoms with Gasteiger partial charge in [-0.05, 0) is 30.9 Å². The van der Waals surface area contributed by atoms with Gasteiger partial charge in [-0.15, -0.1) is 11.3 Å². The number of rotatable bonds is 3. The number of thioether (sulfide) groups is 1. The smallest absolute Gasteiger partial charge is 0.106 e. The third kappa shape index (κ3) is 2.76. The van der Waals surface area contributed by atoms with Crippen LogP contribution in [-0.2, 0) is 0 Å². The van der Waals surface area contributed by atoms with Gasteiger partial charge in [0.1, 0.15) is 5.01 Å². The zero-order valence-corrected chi connectivity index (χ0v) is 11.2. The molecule has 0 bridgehead atoms. The van der Waals surface area contributed by atoms with Gasteiger partial charge in [0, 0.05) is 5.38 Å². The lowest BCUT2D eigenvalue weighted by Gasteiger charge is -2.18. The lowest BCUT2D eigenvalue weighted by Crippen LogP contribution is -2.02. The van der Waals surface area contributed by atoms with Crippen molar-refractivity contribution in [3.63, 3.8) is 0 Å². The number of hydrogen-bond donors (Lipinski definition) is 0. The van der Waals surface area contributed by atoms with Crippen molar-refractivity contribution in [3.05, 3.63) is 16.1 Å². The molecule has 0 aromatic carbocycles. The van der Waals surface area contributed by atoms with Crippen LogP contribution in [0, 0.1) is 0 Å². The van der Waals surface area contributed by atoms with E-state index in [0.717, 1.165) is 0 Å². The molecule has 0 aliphatic carbocycles. The zero-order valence-electron chi connectivity index (χ0n) is 9.53. The Labute approximate surface area is 101 Å². The largest absolute Gasteiger partial charge is 0.245 e. The molecule has 0 saturated carbocycles. The minimum Gasteiger partial charge on any atom is -0.245 e. The predicted octanol–water partition coefficient (Wildman–Crippen LogP) is 4.61. The summed E-state index contributed by atoms with van der Waals surface area (Å²) in [5, 5.41) is 4.33. The monoisotopic (exact) mass is 241 g/mol. The molecule has 0 radical (unpaired) electrons. The van der Waals surface area contributed by atoms with Crippen LogP contribution >= 0.6 is 23.1 Å². The number of thiazole rings is 1. The van der Waals surface area contributed by atoms with Gasteiger partial charge in [-0.3, -0.25) is 0 Å². The quantitative estimate of drug-likeness (QED) is 0.766. The highest BCUT2D eigenvalue weighted by Crippen LogP contribution is 2.40. The molecule has 15 heavy (non-hydrogen) atoms. The maximum Gasteiger partial charge on any atom is 0.106 e. The van der Waals surface area contributed by atoms with Crippen molar-refractivity contribution in [1.29, 1.82) is 0 Å². The average Bonchev–Trinajstić information content (AvgIpc) is 2.78. The number of nitrogens with zero attached hydrogens (tertiary/aromatic N) is 1. The Morgan fingerprint density at radius 3 is 3.07 bits per heavy atom. The van der Waals surface area contributed by atoms with Crippen LogP contribution in [0.15, 0.2) is 5.38 Å². The first-order chi connectivity index (χ1) is 7.31. The van der Waals surface area contributed by atoms with Crippen LogP contribution in [0.3, 0.4) is 0 Å². The molecule has 1 aliphatic rings. The Hall–Kier alpha value is -0.0200. The van der Waals surface area contributed by atoms with Crippen LogP contribution in [0.25, 0.3) is 0 Å². The third-order valence-electron chi connectivity index (χ3n) is 3.11. The van der Waals surface area contributed by atoms with Crippen molar-refractivity contribution in [2.45, 2.75) is 50.7 Å². The van der Waals surface area contributed by atoms with Gasteiger partial charge in [0.25, 0.3) is 0 Å². The fourth-order valence-electron chi connectivity index (χ4n) is 1.82. The van der Waals surface area contributed by atoms with E-state index in [4.69, 9.17) is 4.98 Å². The van der Waals surface area contributed by atoms with E-state index < -0.39 is 0 Å². The fourth-order valence-corrected chi connectivity index (χ4v) is 4.33. The fraction of sp³-hybridized carbons (Fsp3) is 0.750. The van der Waals surface area contributed by atoms with Crippen molar-refractivity contribution in [2.24, 2.45) is 0 Å². The molecule has 3 heteroatoms. The maximum absolute atomic E-state index is 4.80. The average molecular weight is 241 g/mol. The van der Waals surface area contributed by atoms with Crippen LogP contribution in [0.1, 0.15) is 61.4 Å². The second kappa shape index (κ2) is 5.35. The summed E-state index contributed by atoms with van der Waals surface area (Å²) in [6.07, 6.45) is 5.31. The van der Waals surface area contributed by atoms with Crippen LogP contribution in [-0.4, -0.2) is 10.7 Å². The Bertz CT molecular complexity index is 302. The van der Waals surface area contributed by atoms with Crippen LogP contribution in [0.5, 0.6) is 0 Å². The van der Waals surface area contributed by atoms with E-state index in [9.17, 15) is 0 Å². The summed E-state index contributed by atoms with van der Waals surface area (Å²) in [4.78, 5) is 4.80. The molecule has 1 aromatic rings. The van der Waals surface area contributed by atoms with Gasteiger partial charge in [0.05, 0.1) is 10.9 Å². The highest BCUT2D eigenvalue weighted by atomic mass is 32.2. The molecular formula is C12H19NS2. The molecule has 1 fully saturated rings. The summed E-state index contributed by atoms with van der Waals surface area (Å²) in [6.45, 7) is 4.51. The summed E-state index contributed by atoms with van der Waals surface area (Å²) in [5.74, 6) is 1.95. The molecule has 84 valence electrons. The Morgan fingerprint density at radius 1 is 1.53 bits per heavy atom. The summed E-state index contributed by atoms with van der Waals surface area (Å²) in [7, 11) is 0. The Morgan fingerprint density at radius 2 is 2.40 bits per heavy atom. The first-order valence-electron chi connectivity index (χ1n) is 5.88. The standard InChI is InChI=1S/C12H19NS2/c1-3-9(2)10-8-15-12(13-10)11-6-4-5-7-14-11/h8-9,11H,3-7H2,1-2H3. The molecule has 0 N–H and O–H groups in total. The molecule has 2 heterocycles. The predicted molar refractivity (Wildman–Crippen MR) is 69.9 cm³/mol. The maximum atomic E-state index is 4.80. The molecular weight excluding hydrogens is 222 g/mol. The first-order valence-corrected chi connectivity index (χ1v) is 7.81. The van der Waals surface area contributed by atoms with E-state index >= 15 is 0 Å². The van der Waals surface area contributed by atoms with Gasteiger partial charge in [-0.25, -0.2) is 4.98 Å². The van der Waals surface area contributed by atoms with E-state index in [1.807, 2.05) is 11.3 Å². The van der Waals surface area contributed by atoms with Crippen LogP contribution in [0.2, 0.25) is 0 Å². The van der Waals surface area contributed by atoms with Crippen molar-refractivity contribution in [2.75, 3.05) is 5.75 Å². The van der Waals surface area contributed by atoms with Crippen molar-refractivity contribution in [3.8, 4) is 0 Å². The molecule has 1 aromatic heterocycles. The van der Waals surface area contributed by atoms with Gasteiger partial charge < -0.3 is 0 Å². The highest BCUT2D eigenvalue weighted by Gasteiger charge is 2.20. The minimum atomic E-state index is 0.628. The number of aromatic nitrogens is 1. The van der Waals surface area contributed by atoms with Gasteiger partial charge in [-0.2, -0.15) is 11.8 Å². The lowest BCUT2D eigenvalue weighted by atomic mass is 10.1. The SMILES string of the molecule is CCC(C)c1csc(C2CCCCS2)n1. The van der Waals surface area contributed by atoms with E-state index in [2.05, 4.69) is 31.0 Å². The lowest BCUT2D eigenvalue weighted by molar-refractivity contribution is 0.671. The molecule has 2 rings (SSSR count). The second-order valence-corrected chi connectivity index (χ2v) is 6.48. The van der Waals surface area contributed by atoms with Crippen molar-refractivity contribution < 1.29 is 0 Å². The number of hydrogen-bond acceptors (Lipinski definition) is 3. The normalized spacial score (nSPS) is 24.0. The Balaban J connectivity index is 2.05. The van der Waals surface area contributed by atoms with E-state index in [1.165, 1.54) is 42.1 Å². The molecule has 0 spiro atoms. The van der Waals surface area contributed by atoms with Crippen LogP contribution < -0.4 is 0 Å². The zero-order chi connectivity index (χ0) is 10.7. The molecule has 1 saturated heterocycles. The van der Waals surface area contributed by atoms with Crippen molar-refractivity contribution >= 4 is 23.1 Å². The third-order valence-corrected chi connectivity index (χ3v) is 5.62. The van der Waals surface area contributed by atoms with E-state index in [-0.39, 0.29) is 0 Å². The summed E-state index contributed by atoms with van der Waals surface area (Å²) in [5.41, 5.74) is 1.31. The van der Waals surface area contributed by atoms with Gasteiger partial charge in [-0.1, -0.05) is 20.3 Å². The van der Waals surface area contributed by atoms with E-state index in [0.29, 0.717) is 11.2 Å². The topological polar surface area (TPSA) is 12.9 Å². The minimum absolute atomic E-state index is 0.628. The van der Waals surface area contributed by atoms with Gasteiger partial charge in [0.2, 0.25) is 0 Å².